The molecule has 2 aromatic heterocycles. The van der Waals surface area contributed by atoms with Crippen molar-refractivity contribution in [2.75, 3.05) is 24.5 Å². The lowest BCUT2D eigenvalue weighted by atomic mass is 9.97. The van der Waals surface area contributed by atoms with E-state index in [0.29, 0.717) is 23.6 Å². The van der Waals surface area contributed by atoms with Crippen molar-refractivity contribution in [1.29, 1.82) is 0 Å². The van der Waals surface area contributed by atoms with Crippen LogP contribution in [0.15, 0.2) is 48.9 Å². The van der Waals surface area contributed by atoms with Crippen LogP contribution in [0.3, 0.4) is 0 Å². The number of anilines is 1. The van der Waals surface area contributed by atoms with Crippen molar-refractivity contribution in [2.24, 2.45) is 0 Å². The maximum atomic E-state index is 13.3. The molecule has 0 radical (unpaired) electrons. The van der Waals surface area contributed by atoms with E-state index in [1.165, 1.54) is 6.42 Å². The van der Waals surface area contributed by atoms with Crippen molar-refractivity contribution in [3.63, 3.8) is 0 Å². The van der Waals surface area contributed by atoms with Crippen LogP contribution in [0.25, 0.3) is 0 Å². The summed E-state index contributed by atoms with van der Waals surface area (Å²) >= 11 is 0. The summed E-state index contributed by atoms with van der Waals surface area (Å²) in [5.74, 6) is 0.329. The van der Waals surface area contributed by atoms with E-state index in [2.05, 4.69) is 15.1 Å². The number of carbonyl (C=O) groups excluding carboxylic acids is 2. The van der Waals surface area contributed by atoms with E-state index < -0.39 is 0 Å². The van der Waals surface area contributed by atoms with Gasteiger partial charge in [-0.2, -0.15) is 5.10 Å². The van der Waals surface area contributed by atoms with E-state index in [9.17, 15) is 9.59 Å². The Hall–Kier alpha value is -3.55. The summed E-state index contributed by atoms with van der Waals surface area (Å²) in [6, 6.07) is 11.1. The Kier molecular flexibility index (Phi) is 5.66. The molecule has 8 nitrogen and oxygen atoms in total. The van der Waals surface area contributed by atoms with E-state index in [1.54, 1.807) is 35.6 Å². The zero-order valence-corrected chi connectivity index (χ0v) is 19.0. The molecule has 2 aliphatic heterocycles. The highest BCUT2D eigenvalue weighted by Gasteiger charge is 2.37. The first-order valence-corrected chi connectivity index (χ1v) is 11.6. The van der Waals surface area contributed by atoms with Crippen LogP contribution >= 0.6 is 0 Å². The van der Waals surface area contributed by atoms with Crippen LogP contribution < -0.4 is 4.90 Å². The molecule has 1 fully saturated rings. The van der Waals surface area contributed by atoms with Crippen LogP contribution in [0.4, 0.5) is 5.69 Å². The Bertz CT molecular complexity index is 1170. The SMILES string of the molecule is CC(C)n1cnc([C@@H]2CN(C(=O)c3ccccn3)c3ccc(C(=O)N4CCCCC4)cc32)n1. The molecular formula is C25H28N6O2. The molecular weight excluding hydrogens is 416 g/mol. The third-order valence-corrected chi connectivity index (χ3v) is 6.45. The zero-order valence-electron chi connectivity index (χ0n) is 19.0. The van der Waals surface area contributed by atoms with Crippen LogP contribution in [0.1, 0.15) is 77.3 Å². The Balaban J connectivity index is 1.53. The Morgan fingerprint density at radius 3 is 2.52 bits per heavy atom. The highest BCUT2D eigenvalue weighted by Crippen LogP contribution is 2.40. The summed E-state index contributed by atoms with van der Waals surface area (Å²) in [6.45, 7) is 6.10. The number of benzene rings is 1. The molecule has 1 atom stereocenters. The average Bonchev–Trinajstić information content (AvgIpc) is 3.49. The van der Waals surface area contributed by atoms with E-state index in [4.69, 9.17) is 0 Å². The molecule has 2 amide bonds. The van der Waals surface area contributed by atoms with E-state index in [-0.39, 0.29) is 23.8 Å². The lowest BCUT2D eigenvalue weighted by Gasteiger charge is -2.27. The van der Waals surface area contributed by atoms with Crippen molar-refractivity contribution < 1.29 is 9.59 Å². The molecule has 0 bridgehead atoms. The first-order chi connectivity index (χ1) is 16.0. The van der Waals surface area contributed by atoms with Crippen LogP contribution in [-0.2, 0) is 0 Å². The van der Waals surface area contributed by atoms with Crippen molar-refractivity contribution in [2.45, 2.75) is 45.1 Å². The summed E-state index contributed by atoms with van der Waals surface area (Å²) in [4.78, 5) is 38.9. The molecule has 5 rings (SSSR count). The van der Waals surface area contributed by atoms with Gasteiger partial charge in [-0.1, -0.05) is 6.07 Å². The second-order valence-corrected chi connectivity index (χ2v) is 8.99. The lowest BCUT2D eigenvalue weighted by molar-refractivity contribution is 0.0724. The molecule has 0 N–H and O–H groups in total. The molecule has 2 aliphatic rings. The summed E-state index contributed by atoms with van der Waals surface area (Å²) < 4.78 is 1.82. The third kappa shape index (κ3) is 4.01. The molecule has 3 aromatic rings. The quantitative estimate of drug-likeness (QED) is 0.613. The maximum Gasteiger partial charge on any atom is 0.276 e. The number of hydrogen-bond donors (Lipinski definition) is 0. The monoisotopic (exact) mass is 444 g/mol. The van der Waals surface area contributed by atoms with Crippen LogP contribution in [0.2, 0.25) is 0 Å². The van der Waals surface area contributed by atoms with Crippen LogP contribution in [-0.4, -0.2) is 56.1 Å². The van der Waals surface area contributed by atoms with Gasteiger partial charge in [0.05, 0.1) is 5.92 Å². The van der Waals surface area contributed by atoms with Gasteiger partial charge < -0.3 is 9.80 Å². The normalized spacial score (nSPS) is 18.0. The predicted molar refractivity (Wildman–Crippen MR) is 124 cm³/mol. The molecule has 8 heteroatoms. The molecule has 4 heterocycles. The van der Waals surface area contributed by atoms with Gasteiger partial charge in [-0.05, 0) is 69.0 Å². The van der Waals surface area contributed by atoms with Gasteiger partial charge >= 0.3 is 0 Å². The number of amides is 2. The lowest BCUT2D eigenvalue weighted by Crippen LogP contribution is -2.35. The Morgan fingerprint density at radius 1 is 1.00 bits per heavy atom. The van der Waals surface area contributed by atoms with E-state index in [0.717, 1.165) is 37.2 Å². The minimum absolute atomic E-state index is 0.0476. The fourth-order valence-corrected chi connectivity index (χ4v) is 4.61. The topological polar surface area (TPSA) is 84.2 Å². The smallest absolute Gasteiger partial charge is 0.276 e. The van der Waals surface area contributed by atoms with Gasteiger partial charge in [0.1, 0.15) is 12.0 Å². The highest BCUT2D eigenvalue weighted by molar-refractivity contribution is 6.07. The molecule has 0 aliphatic carbocycles. The molecule has 0 saturated carbocycles. The fourth-order valence-electron chi connectivity index (χ4n) is 4.61. The molecule has 0 spiro atoms. The highest BCUT2D eigenvalue weighted by atomic mass is 16.2. The number of piperidine rings is 1. The number of fused-ring (bicyclic) bond motifs is 1. The van der Waals surface area contributed by atoms with Gasteiger partial charge in [0, 0.05) is 43.1 Å². The number of pyridine rings is 1. The largest absolute Gasteiger partial charge is 0.339 e. The molecule has 33 heavy (non-hydrogen) atoms. The predicted octanol–water partition coefficient (Wildman–Crippen LogP) is 3.67. The summed E-state index contributed by atoms with van der Waals surface area (Å²) in [5.41, 5.74) is 2.73. The molecule has 170 valence electrons. The minimum atomic E-state index is -0.207. The first kappa shape index (κ1) is 21.3. The molecule has 0 unspecified atom stereocenters. The second-order valence-electron chi connectivity index (χ2n) is 8.99. The van der Waals surface area contributed by atoms with Gasteiger partial charge in [0.25, 0.3) is 11.8 Å². The van der Waals surface area contributed by atoms with Crippen molar-refractivity contribution >= 4 is 17.5 Å². The van der Waals surface area contributed by atoms with Crippen molar-refractivity contribution in [3.05, 3.63) is 71.6 Å². The second kappa shape index (κ2) is 8.77. The maximum absolute atomic E-state index is 13.3. The number of aromatic nitrogens is 4. The third-order valence-electron chi connectivity index (χ3n) is 6.45. The van der Waals surface area contributed by atoms with Gasteiger partial charge in [-0.25, -0.2) is 4.98 Å². The first-order valence-electron chi connectivity index (χ1n) is 11.6. The summed E-state index contributed by atoms with van der Waals surface area (Å²) in [5, 5.41) is 4.68. The summed E-state index contributed by atoms with van der Waals surface area (Å²) in [6.07, 6.45) is 6.61. The zero-order chi connectivity index (χ0) is 22.9. The average molecular weight is 445 g/mol. The number of nitrogens with zero attached hydrogens (tertiary/aromatic N) is 6. The van der Waals surface area contributed by atoms with Crippen molar-refractivity contribution in [1.82, 2.24) is 24.6 Å². The number of hydrogen-bond acceptors (Lipinski definition) is 5. The standard InChI is InChI=1S/C25H28N6O2/c1-17(2)31-16-27-23(28-31)20-15-30(25(33)21-8-4-5-11-26-21)22-10-9-18(14-19(20)22)24(32)29-12-6-3-7-13-29/h4-5,8-11,14,16-17,20H,3,6-7,12-13,15H2,1-2H3/t20-/m1/s1. The van der Waals surface area contributed by atoms with Crippen LogP contribution in [0, 0.1) is 0 Å². The molecule has 1 saturated heterocycles. The van der Waals surface area contributed by atoms with Gasteiger partial charge in [-0.3, -0.25) is 19.3 Å². The Labute approximate surface area is 193 Å². The van der Waals surface area contributed by atoms with Gasteiger partial charge in [-0.15, -0.1) is 0 Å². The number of likely N-dealkylation sites (tertiary alicyclic amines) is 1. The van der Waals surface area contributed by atoms with Gasteiger partial charge in [0.2, 0.25) is 0 Å². The number of carbonyl (C=O) groups is 2. The Morgan fingerprint density at radius 2 is 1.82 bits per heavy atom. The van der Waals surface area contributed by atoms with Gasteiger partial charge in [0.15, 0.2) is 5.82 Å². The number of rotatable bonds is 4. The fraction of sp³-hybridized carbons (Fsp3) is 0.400. The van der Waals surface area contributed by atoms with E-state index >= 15 is 0 Å². The van der Waals surface area contributed by atoms with Crippen LogP contribution in [0.5, 0.6) is 0 Å². The van der Waals surface area contributed by atoms with E-state index in [1.807, 2.05) is 41.6 Å². The summed E-state index contributed by atoms with van der Waals surface area (Å²) in [7, 11) is 0. The van der Waals surface area contributed by atoms with Crippen molar-refractivity contribution in [3.8, 4) is 0 Å². The minimum Gasteiger partial charge on any atom is -0.339 e. The molecule has 1 aromatic carbocycles.